The Hall–Kier alpha value is -1.40. The van der Waals surface area contributed by atoms with Gasteiger partial charge in [-0.3, -0.25) is 9.59 Å². The molecule has 0 aromatic carbocycles. The maximum absolute atomic E-state index is 13.2. The van der Waals surface area contributed by atoms with Gasteiger partial charge in [0.05, 0.1) is 6.61 Å². The van der Waals surface area contributed by atoms with E-state index >= 15 is 0 Å². The van der Waals surface area contributed by atoms with Crippen LogP contribution in [-0.4, -0.2) is 40.6 Å². The second kappa shape index (κ2) is 7.87. The molecule has 6 fully saturated rings. The van der Waals surface area contributed by atoms with Gasteiger partial charge in [-0.05, 0) is 79.4 Å². The Bertz CT molecular complexity index is 1080. The zero-order valence-electron chi connectivity index (χ0n) is 24.4. The maximum atomic E-state index is 13.2. The number of carbonyl (C=O) groups excluding carboxylic acids is 1. The highest BCUT2D eigenvalue weighted by Gasteiger charge is 2.75. The molecule has 2 aliphatic heterocycles. The van der Waals surface area contributed by atoms with Crippen LogP contribution in [0.3, 0.4) is 0 Å². The molecule has 11 atom stereocenters. The van der Waals surface area contributed by atoms with Gasteiger partial charge in [-0.2, -0.15) is 0 Å². The first kappa shape index (κ1) is 26.8. The lowest BCUT2D eigenvalue weighted by Crippen LogP contribution is -2.73. The topological polar surface area (TPSA) is 93.1 Å². The molecule has 7 aliphatic rings. The van der Waals surface area contributed by atoms with Crippen LogP contribution in [0.1, 0.15) is 99.8 Å². The average Bonchev–Trinajstić information content (AvgIpc) is 2.83. The van der Waals surface area contributed by atoms with Gasteiger partial charge in [0.25, 0.3) is 0 Å². The zero-order valence-corrected chi connectivity index (χ0v) is 24.4. The van der Waals surface area contributed by atoms with E-state index in [-0.39, 0.29) is 45.4 Å². The van der Waals surface area contributed by atoms with Crippen molar-refractivity contribution in [3.63, 3.8) is 0 Å². The molecule has 38 heavy (non-hydrogen) atoms. The SMILES string of the molecule is CC(=O)O[C@@H]1C[C@@H](C)[C@H](C)[C@H]2C3=CC[C@@H]4[C@]56CC[C@@](O)(OC5)C(C)(C)[C@@H]6CC[C@@]4(C)[C@]3(C)CC[C@]21C(=O)O. The van der Waals surface area contributed by atoms with Crippen LogP contribution in [0.15, 0.2) is 11.6 Å². The molecule has 0 aromatic heterocycles. The van der Waals surface area contributed by atoms with Crippen molar-refractivity contribution in [2.24, 2.45) is 56.7 Å². The van der Waals surface area contributed by atoms with Crippen LogP contribution in [0.2, 0.25) is 0 Å². The van der Waals surface area contributed by atoms with E-state index in [0.29, 0.717) is 37.7 Å². The Labute approximate surface area is 227 Å². The summed E-state index contributed by atoms with van der Waals surface area (Å²) in [5.74, 6) is -1.05. The molecule has 6 heteroatoms. The molecule has 212 valence electrons. The summed E-state index contributed by atoms with van der Waals surface area (Å²) in [6.07, 6.45) is 8.57. The van der Waals surface area contributed by atoms with Gasteiger partial charge in [0.1, 0.15) is 11.5 Å². The molecule has 2 bridgehead atoms. The molecule has 0 amide bonds. The fourth-order valence-electron chi connectivity index (χ4n) is 11.7. The molecule has 0 radical (unpaired) electrons. The molecule has 5 aliphatic carbocycles. The molecule has 2 N–H and O–H groups in total. The summed E-state index contributed by atoms with van der Waals surface area (Å²) in [6.45, 7) is 15.8. The first-order valence-electron chi connectivity index (χ1n) is 15.1. The highest BCUT2D eigenvalue weighted by atomic mass is 16.6. The third-order valence-electron chi connectivity index (χ3n) is 14.2. The summed E-state index contributed by atoms with van der Waals surface area (Å²) in [7, 11) is 0. The van der Waals surface area contributed by atoms with Crippen molar-refractivity contribution in [3.8, 4) is 0 Å². The number of carboxylic acids is 1. The molecule has 1 spiro atoms. The molecule has 7 rings (SSSR count). The molecular formula is C32H48O6. The monoisotopic (exact) mass is 528 g/mol. The highest BCUT2D eigenvalue weighted by Crippen LogP contribution is 2.78. The third-order valence-corrected chi connectivity index (χ3v) is 14.2. The predicted molar refractivity (Wildman–Crippen MR) is 143 cm³/mol. The van der Waals surface area contributed by atoms with Gasteiger partial charge in [0, 0.05) is 30.1 Å². The predicted octanol–water partition coefficient (Wildman–Crippen LogP) is 5.97. The van der Waals surface area contributed by atoms with Crippen LogP contribution >= 0.6 is 0 Å². The molecule has 6 nitrogen and oxygen atoms in total. The Balaban J connectivity index is 1.47. The lowest BCUT2D eigenvalue weighted by Gasteiger charge is -2.74. The Morgan fingerprint density at radius 3 is 2.34 bits per heavy atom. The number of carboxylic acid groups (broad SMARTS) is 1. The second-order valence-corrected chi connectivity index (χ2v) is 15.3. The summed E-state index contributed by atoms with van der Waals surface area (Å²) >= 11 is 0. The Morgan fingerprint density at radius 1 is 1.03 bits per heavy atom. The smallest absolute Gasteiger partial charge is 0.314 e. The van der Waals surface area contributed by atoms with E-state index in [1.807, 2.05) is 0 Å². The number of esters is 1. The number of aliphatic hydroxyl groups is 1. The van der Waals surface area contributed by atoms with Gasteiger partial charge in [0.2, 0.25) is 0 Å². The zero-order chi connectivity index (χ0) is 27.7. The molecule has 2 heterocycles. The van der Waals surface area contributed by atoms with E-state index in [1.165, 1.54) is 12.5 Å². The number of allylic oxidation sites excluding steroid dienone is 2. The highest BCUT2D eigenvalue weighted by molar-refractivity contribution is 5.78. The van der Waals surface area contributed by atoms with Gasteiger partial charge in [-0.1, -0.05) is 53.2 Å². The minimum absolute atomic E-state index is 0.0157. The fourth-order valence-corrected chi connectivity index (χ4v) is 11.7. The number of aliphatic carboxylic acids is 1. The van der Waals surface area contributed by atoms with E-state index in [0.717, 1.165) is 32.1 Å². The minimum atomic E-state index is -1.07. The molecule has 0 unspecified atom stereocenters. The van der Waals surface area contributed by atoms with Crippen LogP contribution in [0.4, 0.5) is 0 Å². The van der Waals surface area contributed by atoms with Crippen LogP contribution in [-0.2, 0) is 19.1 Å². The molecule has 2 saturated heterocycles. The largest absolute Gasteiger partial charge is 0.481 e. The van der Waals surface area contributed by atoms with Crippen LogP contribution in [0.5, 0.6) is 0 Å². The third kappa shape index (κ3) is 2.87. The number of fused-ring (bicyclic) bond motifs is 7. The van der Waals surface area contributed by atoms with Crippen molar-refractivity contribution in [3.05, 3.63) is 11.6 Å². The average molecular weight is 529 g/mol. The van der Waals surface area contributed by atoms with Crippen LogP contribution < -0.4 is 0 Å². The molecule has 4 saturated carbocycles. The van der Waals surface area contributed by atoms with Crippen molar-refractivity contribution in [1.82, 2.24) is 0 Å². The van der Waals surface area contributed by atoms with Gasteiger partial charge in [0.15, 0.2) is 5.79 Å². The molecular weight excluding hydrogens is 480 g/mol. The number of hydrogen-bond acceptors (Lipinski definition) is 5. The second-order valence-electron chi connectivity index (χ2n) is 15.3. The van der Waals surface area contributed by atoms with E-state index in [2.05, 4.69) is 47.6 Å². The van der Waals surface area contributed by atoms with Gasteiger partial charge < -0.3 is 19.7 Å². The van der Waals surface area contributed by atoms with Gasteiger partial charge in [-0.15, -0.1) is 0 Å². The van der Waals surface area contributed by atoms with Crippen molar-refractivity contribution >= 4 is 11.9 Å². The first-order chi connectivity index (χ1) is 17.6. The number of ether oxygens (including phenoxy) is 2. The summed E-state index contributed by atoms with van der Waals surface area (Å²) in [5.41, 5.74) is -0.106. The van der Waals surface area contributed by atoms with Crippen LogP contribution in [0.25, 0.3) is 0 Å². The van der Waals surface area contributed by atoms with Crippen LogP contribution in [0, 0.1) is 56.7 Å². The number of carbonyl (C=O) groups is 2. The quantitative estimate of drug-likeness (QED) is 0.339. The van der Waals surface area contributed by atoms with E-state index in [1.54, 1.807) is 0 Å². The fraction of sp³-hybridized carbons (Fsp3) is 0.875. The van der Waals surface area contributed by atoms with E-state index in [9.17, 15) is 19.8 Å². The van der Waals surface area contributed by atoms with Crippen molar-refractivity contribution in [1.29, 1.82) is 0 Å². The normalized spacial score (nSPS) is 54.5. The van der Waals surface area contributed by atoms with Gasteiger partial charge >= 0.3 is 11.9 Å². The number of hydrogen-bond donors (Lipinski definition) is 2. The Kier molecular flexibility index (Phi) is 5.55. The van der Waals surface area contributed by atoms with Crippen molar-refractivity contribution < 1.29 is 29.3 Å². The minimum Gasteiger partial charge on any atom is -0.481 e. The summed E-state index contributed by atoms with van der Waals surface area (Å²) in [4.78, 5) is 25.4. The molecule has 0 aromatic rings. The summed E-state index contributed by atoms with van der Waals surface area (Å²) < 4.78 is 12.2. The lowest BCUT2D eigenvalue weighted by molar-refractivity contribution is -0.395. The van der Waals surface area contributed by atoms with Crippen molar-refractivity contribution in [2.75, 3.05) is 6.61 Å². The van der Waals surface area contributed by atoms with Gasteiger partial charge in [-0.25, -0.2) is 0 Å². The van der Waals surface area contributed by atoms with E-state index in [4.69, 9.17) is 9.47 Å². The summed E-state index contributed by atoms with van der Waals surface area (Å²) in [5, 5.41) is 22.2. The van der Waals surface area contributed by atoms with E-state index < -0.39 is 23.3 Å². The van der Waals surface area contributed by atoms with Crippen molar-refractivity contribution in [2.45, 2.75) is 112 Å². The maximum Gasteiger partial charge on any atom is 0.314 e. The first-order valence-corrected chi connectivity index (χ1v) is 15.1. The number of rotatable bonds is 2. The Morgan fingerprint density at radius 2 is 1.74 bits per heavy atom. The lowest BCUT2D eigenvalue weighted by atomic mass is 9.32. The summed E-state index contributed by atoms with van der Waals surface area (Å²) in [6, 6.07) is 0. The standard InChI is InChI=1S/C32H48O6/c1-18-16-24(38-20(3)33)31(26(34)35)14-12-28(6)21(25(31)19(18)2)8-9-23-29(28,7)11-10-22-27(4,5)32(36)15-13-30(22,23)17-37-32/h8,18-19,22-25,36H,9-17H2,1-7H3,(H,34,35)/t18-,19+,22+,23+,24-,25+,28-,29-,30-,31-,32-/m1/s1.